The summed E-state index contributed by atoms with van der Waals surface area (Å²) in [5.74, 6) is -0.774. The lowest BCUT2D eigenvalue weighted by atomic mass is 10.0. The third kappa shape index (κ3) is 52.2. The van der Waals surface area contributed by atoms with Crippen molar-refractivity contribution in [2.75, 3.05) is 47.5 Å². The van der Waals surface area contributed by atoms with Crippen molar-refractivity contribution in [1.82, 2.24) is 0 Å². The predicted molar refractivity (Wildman–Crippen MR) is 275 cm³/mol. The lowest BCUT2D eigenvalue weighted by Gasteiger charge is -2.24. The van der Waals surface area contributed by atoms with E-state index >= 15 is 0 Å². The molecule has 388 valence electrons. The van der Waals surface area contributed by atoms with Crippen LogP contribution in [0.25, 0.3) is 0 Å². The fourth-order valence-corrected chi connectivity index (χ4v) is 9.23. The van der Waals surface area contributed by atoms with Gasteiger partial charge < -0.3 is 18.9 Å². The van der Waals surface area contributed by atoms with Gasteiger partial charge in [0.25, 0.3) is 0 Å². The molecule has 0 aliphatic carbocycles. The number of carbonyl (C=O) groups excluding carboxylic acids is 2. The number of quaternary nitrogens is 1. The van der Waals surface area contributed by atoms with Crippen LogP contribution in [-0.2, 0) is 32.7 Å². The molecule has 0 radical (unpaired) electrons. The highest BCUT2D eigenvalue weighted by Gasteiger charge is 2.27. The first-order chi connectivity index (χ1) is 31.5. The van der Waals surface area contributed by atoms with Crippen molar-refractivity contribution in [3.63, 3.8) is 0 Å². The van der Waals surface area contributed by atoms with Gasteiger partial charge in [0, 0.05) is 12.8 Å². The molecule has 1 N–H and O–H groups in total. The van der Waals surface area contributed by atoms with E-state index in [0.29, 0.717) is 17.4 Å². The van der Waals surface area contributed by atoms with Crippen LogP contribution in [0.2, 0.25) is 0 Å². The number of esters is 2. The van der Waals surface area contributed by atoms with E-state index in [9.17, 15) is 19.0 Å². The van der Waals surface area contributed by atoms with Crippen LogP contribution in [0.3, 0.4) is 0 Å². The number of phosphoric ester groups is 1. The second kappa shape index (κ2) is 48.1. The minimum absolute atomic E-state index is 0.0373. The maximum atomic E-state index is 12.8. The van der Waals surface area contributed by atoms with Gasteiger partial charge in [0.05, 0.1) is 27.7 Å². The van der Waals surface area contributed by atoms with E-state index in [1.165, 1.54) is 225 Å². The first kappa shape index (κ1) is 64.0. The maximum Gasteiger partial charge on any atom is 0.472 e. The van der Waals surface area contributed by atoms with Crippen molar-refractivity contribution < 1.29 is 42.1 Å². The minimum Gasteiger partial charge on any atom is -0.462 e. The molecule has 0 aliphatic heterocycles. The van der Waals surface area contributed by atoms with E-state index < -0.39 is 26.5 Å². The number of likely N-dealkylation sites (N-methyl/N-ethyl adjacent to an activating group) is 1. The second-order valence-electron chi connectivity index (χ2n) is 20.7. The second-order valence-corrected chi connectivity index (χ2v) is 22.1. The largest absolute Gasteiger partial charge is 0.472 e. The topological polar surface area (TPSA) is 108 Å². The summed E-state index contributed by atoms with van der Waals surface area (Å²) in [4.78, 5) is 35.6. The highest BCUT2D eigenvalue weighted by molar-refractivity contribution is 7.47. The highest BCUT2D eigenvalue weighted by Crippen LogP contribution is 2.43. The van der Waals surface area contributed by atoms with Gasteiger partial charge >= 0.3 is 19.8 Å². The van der Waals surface area contributed by atoms with Crippen LogP contribution in [0.1, 0.15) is 290 Å². The Bertz CT molecular complexity index is 1070. The molecule has 2 atom stereocenters. The molecule has 0 aromatic heterocycles. The van der Waals surface area contributed by atoms with Crippen molar-refractivity contribution in [2.45, 2.75) is 296 Å². The number of nitrogens with zero attached hydrogens (tertiary/aromatic N) is 1. The SMILES string of the molecule is CCCCCCCCCCCCCCCCCCCCCCCCCC(=O)OC[C@@H](COP(=O)(O)OCC[N+](C)(C)C)OC(=O)CCCCCCCCCCCCCCCCCCCC. The predicted octanol–water partition coefficient (Wildman–Crippen LogP) is 17.1. The zero-order valence-corrected chi connectivity index (χ0v) is 44.9. The molecule has 0 fully saturated rings. The Morgan fingerprint density at radius 2 is 0.692 bits per heavy atom. The summed E-state index contributed by atoms with van der Waals surface area (Å²) in [7, 11) is 1.50. The van der Waals surface area contributed by atoms with Gasteiger partial charge in [-0.2, -0.15) is 0 Å². The fraction of sp³-hybridized carbons (Fsp3) is 0.964. The zero-order chi connectivity index (χ0) is 47.8. The summed E-state index contributed by atoms with van der Waals surface area (Å²) >= 11 is 0. The standard InChI is InChI=1S/C55H110NO8P/c1-6-8-10-12-14-16-18-20-22-24-26-27-28-29-30-32-33-35-37-39-41-43-45-47-54(57)61-51-53(52-63-65(59,60)62-50-49-56(3,4)5)64-55(58)48-46-44-42-40-38-36-34-31-25-23-21-19-17-15-13-11-9-7-2/h53H,6-52H2,1-5H3/p+1/t53-/m0/s1. The van der Waals surface area contributed by atoms with Gasteiger partial charge in [-0.25, -0.2) is 4.57 Å². The first-order valence-electron chi connectivity index (χ1n) is 28.3. The molecule has 0 bridgehead atoms. The molecule has 9 nitrogen and oxygen atoms in total. The molecule has 0 aromatic rings. The van der Waals surface area contributed by atoms with Gasteiger partial charge in [0.2, 0.25) is 0 Å². The number of unbranched alkanes of at least 4 members (excludes halogenated alkanes) is 39. The van der Waals surface area contributed by atoms with E-state index in [1.807, 2.05) is 21.1 Å². The van der Waals surface area contributed by atoms with Crippen LogP contribution >= 0.6 is 7.82 Å². The van der Waals surface area contributed by atoms with Gasteiger partial charge in [-0.15, -0.1) is 0 Å². The number of hydrogen-bond acceptors (Lipinski definition) is 7. The van der Waals surface area contributed by atoms with E-state index in [2.05, 4.69) is 13.8 Å². The highest BCUT2D eigenvalue weighted by atomic mass is 31.2. The van der Waals surface area contributed by atoms with Crippen LogP contribution in [0.15, 0.2) is 0 Å². The first-order valence-corrected chi connectivity index (χ1v) is 29.8. The van der Waals surface area contributed by atoms with Crippen LogP contribution in [0.4, 0.5) is 0 Å². The quantitative estimate of drug-likeness (QED) is 0.0278. The van der Waals surface area contributed by atoms with E-state index in [-0.39, 0.29) is 25.6 Å². The van der Waals surface area contributed by atoms with Crippen molar-refractivity contribution in [3.8, 4) is 0 Å². The van der Waals surface area contributed by atoms with E-state index in [4.69, 9.17) is 18.5 Å². The number of phosphoric acid groups is 1. The van der Waals surface area contributed by atoms with Crippen molar-refractivity contribution in [1.29, 1.82) is 0 Å². The molecular weight excluding hydrogens is 834 g/mol. The summed E-state index contributed by atoms with van der Waals surface area (Å²) in [6, 6.07) is 0. The summed E-state index contributed by atoms with van der Waals surface area (Å²) in [5.41, 5.74) is 0. The Balaban J connectivity index is 4.11. The average molecular weight is 945 g/mol. The molecule has 0 saturated heterocycles. The Morgan fingerprint density at radius 3 is 0.985 bits per heavy atom. The summed E-state index contributed by atoms with van der Waals surface area (Å²) in [6.45, 7) is 4.50. The molecular formula is C55H111NO8P+. The minimum atomic E-state index is -4.37. The lowest BCUT2D eigenvalue weighted by Crippen LogP contribution is -2.37. The van der Waals surface area contributed by atoms with E-state index in [1.54, 1.807) is 0 Å². The summed E-state index contributed by atoms with van der Waals surface area (Å²) in [5, 5.41) is 0. The Morgan fingerprint density at radius 1 is 0.415 bits per heavy atom. The number of ether oxygens (including phenoxy) is 2. The third-order valence-electron chi connectivity index (χ3n) is 12.9. The van der Waals surface area contributed by atoms with Crippen molar-refractivity contribution >= 4 is 19.8 Å². The molecule has 65 heavy (non-hydrogen) atoms. The molecule has 1 unspecified atom stereocenters. The molecule has 0 rings (SSSR count). The summed E-state index contributed by atoms with van der Waals surface area (Å²) < 4.78 is 34.6. The molecule has 0 aromatic carbocycles. The number of hydrogen-bond donors (Lipinski definition) is 1. The molecule has 0 amide bonds. The molecule has 0 saturated carbocycles. The Kier molecular flexibility index (Phi) is 47.3. The van der Waals surface area contributed by atoms with Crippen LogP contribution in [0.5, 0.6) is 0 Å². The van der Waals surface area contributed by atoms with Gasteiger partial charge in [-0.3, -0.25) is 18.6 Å². The average Bonchev–Trinajstić information content (AvgIpc) is 3.26. The molecule has 0 aliphatic rings. The maximum absolute atomic E-state index is 12.8. The monoisotopic (exact) mass is 945 g/mol. The van der Waals surface area contributed by atoms with Gasteiger partial charge in [0.1, 0.15) is 19.8 Å². The van der Waals surface area contributed by atoms with Gasteiger partial charge in [-0.1, -0.05) is 264 Å². The molecule has 10 heteroatoms. The van der Waals surface area contributed by atoms with Gasteiger partial charge in [0.15, 0.2) is 6.10 Å². The number of rotatable bonds is 53. The normalized spacial score (nSPS) is 13.3. The molecule has 0 heterocycles. The number of carbonyl (C=O) groups is 2. The summed E-state index contributed by atoms with van der Waals surface area (Å²) in [6.07, 6.45) is 53.1. The lowest BCUT2D eigenvalue weighted by molar-refractivity contribution is -0.870. The van der Waals surface area contributed by atoms with Crippen LogP contribution < -0.4 is 0 Å². The molecule has 0 spiro atoms. The Labute approximate surface area is 404 Å². The van der Waals surface area contributed by atoms with Crippen molar-refractivity contribution in [3.05, 3.63) is 0 Å². The van der Waals surface area contributed by atoms with Crippen molar-refractivity contribution in [2.24, 2.45) is 0 Å². The Hall–Kier alpha value is -0.990. The smallest absolute Gasteiger partial charge is 0.462 e. The fourth-order valence-electron chi connectivity index (χ4n) is 8.49. The van der Waals surface area contributed by atoms with Gasteiger partial charge in [-0.05, 0) is 12.8 Å². The third-order valence-corrected chi connectivity index (χ3v) is 13.9. The van der Waals surface area contributed by atoms with Crippen LogP contribution in [-0.4, -0.2) is 74.9 Å². The van der Waals surface area contributed by atoms with E-state index in [0.717, 1.165) is 38.5 Å². The zero-order valence-electron chi connectivity index (χ0n) is 44.0. The van der Waals surface area contributed by atoms with Crippen LogP contribution in [0, 0.1) is 0 Å².